The second-order valence-corrected chi connectivity index (χ2v) is 9.02. The van der Waals surface area contributed by atoms with Crippen LogP contribution in [0.25, 0.3) is 0 Å². The molecule has 0 heterocycles. The maximum atomic E-state index is 12.0. The minimum Gasteiger partial charge on any atom is -0.508 e. The Balaban J connectivity index is 1.44. The summed E-state index contributed by atoms with van der Waals surface area (Å²) in [4.78, 5) is 12.0. The maximum absolute atomic E-state index is 12.0. The van der Waals surface area contributed by atoms with Crippen LogP contribution in [0.5, 0.6) is 5.75 Å². The molecule has 1 aliphatic rings. The minimum atomic E-state index is 0.257. The highest BCUT2D eigenvalue weighted by molar-refractivity contribution is 5.80. The van der Waals surface area contributed by atoms with Gasteiger partial charge in [0.25, 0.3) is 0 Å². The van der Waals surface area contributed by atoms with Gasteiger partial charge in [-0.25, -0.2) is 0 Å². The molecule has 2 nitrogen and oxygen atoms in total. The van der Waals surface area contributed by atoms with Crippen LogP contribution in [0.2, 0.25) is 0 Å². The molecule has 0 amide bonds. The van der Waals surface area contributed by atoms with Gasteiger partial charge in [-0.15, -0.1) is 0 Å². The lowest BCUT2D eigenvalue weighted by Gasteiger charge is -2.22. The smallest absolute Gasteiger partial charge is 0.137 e. The lowest BCUT2D eigenvalue weighted by atomic mass is 9.83. The van der Waals surface area contributed by atoms with Gasteiger partial charge in [0.2, 0.25) is 0 Å². The minimum absolute atomic E-state index is 0.257. The van der Waals surface area contributed by atoms with Crippen LogP contribution in [-0.4, -0.2) is 10.9 Å². The Morgan fingerprint density at radius 3 is 1.97 bits per heavy atom. The third kappa shape index (κ3) is 10.7. The van der Waals surface area contributed by atoms with Gasteiger partial charge >= 0.3 is 0 Å². The number of hydrogen-bond donors (Lipinski definition) is 1. The molecule has 0 fully saturated rings. The molecule has 0 saturated heterocycles. The van der Waals surface area contributed by atoms with Crippen molar-refractivity contribution in [1.82, 2.24) is 0 Å². The van der Waals surface area contributed by atoms with Crippen molar-refractivity contribution in [3.05, 3.63) is 42.0 Å². The first-order valence-corrected chi connectivity index (χ1v) is 12.1. The first kappa shape index (κ1) is 23.7. The van der Waals surface area contributed by atoms with E-state index in [1.54, 1.807) is 12.1 Å². The second-order valence-electron chi connectivity index (χ2n) is 9.02. The van der Waals surface area contributed by atoms with Crippen molar-refractivity contribution in [2.45, 2.75) is 103 Å². The Bertz CT molecular complexity index is 587. The lowest BCUT2D eigenvalue weighted by molar-refractivity contribution is -0.118. The van der Waals surface area contributed by atoms with Crippen LogP contribution in [0.15, 0.2) is 36.4 Å². The number of carbonyl (C=O) groups is 1. The van der Waals surface area contributed by atoms with Crippen molar-refractivity contribution in [2.75, 3.05) is 0 Å². The third-order valence-corrected chi connectivity index (χ3v) is 6.36. The maximum Gasteiger partial charge on any atom is 0.137 e. The summed E-state index contributed by atoms with van der Waals surface area (Å²) < 4.78 is 0. The van der Waals surface area contributed by atoms with Crippen LogP contribution in [0.3, 0.4) is 0 Å². The average Bonchev–Trinajstić information content (AvgIpc) is 2.73. The molecule has 0 spiro atoms. The largest absolute Gasteiger partial charge is 0.508 e. The van der Waals surface area contributed by atoms with E-state index in [1.165, 1.54) is 77.0 Å². The number of rotatable bonds is 15. The highest BCUT2D eigenvalue weighted by Crippen LogP contribution is 2.29. The summed E-state index contributed by atoms with van der Waals surface area (Å²) in [5.41, 5.74) is 0.997. The van der Waals surface area contributed by atoms with Gasteiger partial charge in [0.05, 0.1) is 0 Å². The van der Waals surface area contributed by atoms with Crippen molar-refractivity contribution in [2.24, 2.45) is 11.8 Å². The average molecular weight is 399 g/mol. The van der Waals surface area contributed by atoms with Crippen LogP contribution in [0.4, 0.5) is 0 Å². The zero-order chi connectivity index (χ0) is 20.7. The van der Waals surface area contributed by atoms with E-state index in [1.807, 2.05) is 12.1 Å². The number of hydrogen-bond acceptors (Lipinski definition) is 2. The number of benzene rings is 1. The SMILES string of the molecule is CCCCCCC1C=CC(CCCCCCCC(=O)Cc2ccc(O)cc2)CC1. The molecule has 1 aromatic carbocycles. The number of carbonyl (C=O) groups excluding carboxylic acids is 1. The molecule has 1 aliphatic carbocycles. The van der Waals surface area contributed by atoms with Crippen molar-refractivity contribution < 1.29 is 9.90 Å². The Morgan fingerprint density at radius 1 is 0.828 bits per heavy atom. The summed E-state index contributed by atoms with van der Waals surface area (Å²) >= 11 is 0. The van der Waals surface area contributed by atoms with Crippen LogP contribution in [0, 0.1) is 11.8 Å². The first-order valence-electron chi connectivity index (χ1n) is 12.1. The summed E-state index contributed by atoms with van der Waals surface area (Å²) in [6, 6.07) is 6.97. The molecule has 1 N–H and O–H groups in total. The lowest BCUT2D eigenvalue weighted by Crippen LogP contribution is -2.09. The van der Waals surface area contributed by atoms with Gasteiger partial charge in [0.1, 0.15) is 11.5 Å². The van der Waals surface area contributed by atoms with Crippen LogP contribution >= 0.6 is 0 Å². The zero-order valence-corrected chi connectivity index (χ0v) is 18.6. The fraction of sp³-hybridized carbons (Fsp3) is 0.667. The van der Waals surface area contributed by atoms with E-state index in [4.69, 9.17) is 0 Å². The van der Waals surface area contributed by atoms with E-state index < -0.39 is 0 Å². The van der Waals surface area contributed by atoms with Crippen molar-refractivity contribution in [3.8, 4) is 5.75 Å². The van der Waals surface area contributed by atoms with Gasteiger partial charge in [-0.1, -0.05) is 82.6 Å². The molecule has 0 radical (unpaired) electrons. The topological polar surface area (TPSA) is 37.3 Å². The number of unbranched alkanes of at least 4 members (excludes halogenated alkanes) is 7. The van der Waals surface area contributed by atoms with Crippen molar-refractivity contribution >= 4 is 5.78 Å². The highest BCUT2D eigenvalue weighted by Gasteiger charge is 2.15. The molecule has 162 valence electrons. The number of aromatic hydroxyl groups is 1. The standard InChI is InChI=1S/C27H42O2/c1-2-3-4-8-11-23-14-16-24(17-15-23)12-9-6-5-7-10-13-27(29)22-25-18-20-26(28)21-19-25/h14,16,18-21,23-24,28H,2-13,15,17,22H2,1H3. The van der Waals surface area contributed by atoms with Gasteiger partial charge in [0, 0.05) is 12.8 Å². The second kappa shape index (κ2) is 14.4. The van der Waals surface area contributed by atoms with E-state index >= 15 is 0 Å². The zero-order valence-electron chi connectivity index (χ0n) is 18.6. The fourth-order valence-electron chi connectivity index (χ4n) is 4.44. The summed E-state index contributed by atoms with van der Waals surface area (Å²) in [6.07, 6.45) is 23.3. The monoisotopic (exact) mass is 398 g/mol. The molecule has 1 aromatic rings. The molecule has 0 bridgehead atoms. The summed E-state index contributed by atoms with van der Waals surface area (Å²) in [7, 11) is 0. The molecule has 2 rings (SSSR count). The van der Waals surface area contributed by atoms with E-state index in [0.717, 1.165) is 23.8 Å². The third-order valence-electron chi connectivity index (χ3n) is 6.36. The fourth-order valence-corrected chi connectivity index (χ4v) is 4.44. The number of allylic oxidation sites excluding steroid dienone is 2. The van der Waals surface area contributed by atoms with Gasteiger partial charge in [-0.05, 0) is 61.6 Å². The number of phenolic OH excluding ortho intramolecular Hbond substituents is 1. The molecule has 2 heteroatoms. The molecule has 0 saturated carbocycles. The predicted octanol–water partition coefficient (Wildman–Crippen LogP) is 7.79. The number of Topliss-reactive ketones (excluding diaryl/α,β-unsaturated/α-hetero) is 1. The molecule has 29 heavy (non-hydrogen) atoms. The highest BCUT2D eigenvalue weighted by atomic mass is 16.3. The van der Waals surface area contributed by atoms with Gasteiger partial charge in [-0.3, -0.25) is 4.79 Å². The van der Waals surface area contributed by atoms with Crippen LogP contribution in [0.1, 0.15) is 102 Å². The van der Waals surface area contributed by atoms with Gasteiger partial charge in [-0.2, -0.15) is 0 Å². The van der Waals surface area contributed by atoms with E-state index in [2.05, 4.69) is 19.1 Å². The molecule has 0 aliphatic heterocycles. The Morgan fingerprint density at radius 2 is 1.38 bits per heavy atom. The predicted molar refractivity (Wildman–Crippen MR) is 123 cm³/mol. The molecule has 0 aromatic heterocycles. The summed E-state index contributed by atoms with van der Waals surface area (Å²) in [5.74, 6) is 2.23. The Labute approximate surface area is 178 Å². The number of phenols is 1. The van der Waals surface area contributed by atoms with E-state index in [0.29, 0.717) is 18.6 Å². The van der Waals surface area contributed by atoms with Crippen LogP contribution in [-0.2, 0) is 11.2 Å². The summed E-state index contributed by atoms with van der Waals surface area (Å²) in [6.45, 7) is 2.28. The van der Waals surface area contributed by atoms with E-state index in [9.17, 15) is 9.90 Å². The first-order chi connectivity index (χ1) is 14.2. The quantitative estimate of drug-likeness (QED) is 0.242. The Kier molecular flexibility index (Phi) is 11.8. The number of ketones is 1. The molecular weight excluding hydrogens is 356 g/mol. The summed E-state index contributed by atoms with van der Waals surface area (Å²) in [5, 5.41) is 9.29. The Hall–Kier alpha value is -1.57. The van der Waals surface area contributed by atoms with Crippen molar-refractivity contribution in [3.63, 3.8) is 0 Å². The van der Waals surface area contributed by atoms with Crippen LogP contribution < -0.4 is 0 Å². The van der Waals surface area contributed by atoms with Gasteiger partial charge in [0.15, 0.2) is 0 Å². The molecule has 2 atom stereocenters. The van der Waals surface area contributed by atoms with Crippen molar-refractivity contribution in [1.29, 1.82) is 0 Å². The molecular formula is C27H42O2. The van der Waals surface area contributed by atoms with E-state index in [-0.39, 0.29) is 5.75 Å². The van der Waals surface area contributed by atoms with Gasteiger partial charge < -0.3 is 5.11 Å². The normalized spacial score (nSPS) is 18.8. The molecule has 2 unspecified atom stereocenters.